The normalized spacial score (nSPS) is 24.1. The predicted octanol–water partition coefficient (Wildman–Crippen LogP) is 2.96. The largest absolute Gasteiger partial charge is 0.322 e. The van der Waals surface area contributed by atoms with Crippen LogP contribution in [0.4, 0.5) is 0 Å². The van der Waals surface area contributed by atoms with Gasteiger partial charge in [-0.05, 0) is 11.1 Å². The van der Waals surface area contributed by atoms with E-state index in [4.69, 9.17) is 4.99 Å². The Hall–Kier alpha value is -1.25. The molecule has 15 heavy (non-hydrogen) atoms. The fraction of sp³-hybridized carbons (Fsp3) is 0.583. The van der Waals surface area contributed by atoms with E-state index in [-0.39, 0.29) is 6.04 Å². The first-order chi connectivity index (χ1) is 7.09. The SMILES string of the molecule is CC(C)C1=CC2C=CN=[N+]2C(C(C)C)=N1. The average Bonchev–Trinajstić information content (AvgIpc) is 2.62. The Labute approximate surface area is 90.9 Å². The zero-order chi connectivity index (χ0) is 11.0. The third-order valence-electron chi connectivity index (χ3n) is 2.68. The Morgan fingerprint density at radius 2 is 1.93 bits per heavy atom. The van der Waals surface area contributed by atoms with Gasteiger partial charge in [0.05, 0.1) is 12.1 Å². The van der Waals surface area contributed by atoms with E-state index >= 15 is 0 Å². The van der Waals surface area contributed by atoms with Crippen molar-refractivity contribution in [1.82, 2.24) is 0 Å². The van der Waals surface area contributed by atoms with Gasteiger partial charge in [0.15, 0.2) is 11.7 Å². The number of aliphatic imine (C=N–C) groups is 1. The second-order valence-corrected chi connectivity index (χ2v) is 4.66. The summed E-state index contributed by atoms with van der Waals surface area (Å²) in [5.41, 5.74) is 1.18. The molecule has 2 rings (SSSR count). The molecule has 0 aromatic carbocycles. The molecular formula is C12H18N3+. The van der Waals surface area contributed by atoms with E-state index in [1.54, 1.807) is 0 Å². The molecule has 0 radical (unpaired) electrons. The van der Waals surface area contributed by atoms with E-state index in [0.29, 0.717) is 11.8 Å². The van der Waals surface area contributed by atoms with E-state index in [1.807, 2.05) is 10.9 Å². The zero-order valence-electron chi connectivity index (χ0n) is 9.81. The molecule has 2 aliphatic heterocycles. The van der Waals surface area contributed by atoms with Crippen LogP contribution >= 0.6 is 0 Å². The number of hydrogen-bond donors (Lipinski definition) is 0. The van der Waals surface area contributed by atoms with Crippen LogP contribution in [0.3, 0.4) is 0 Å². The van der Waals surface area contributed by atoms with Crippen molar-refractivity contribution in [3.05, 3.63) is 24.0 Å². The van der Waals surface area contributed by atoms with Gasteiger partial charge in [0, 0.05) is 12.0 Å². The van der Waals surface area contributed by atoms with Crippen molar-refractivity contribution in [2.75, 3.05) is 0 Å². The van der Waals surface area contributed by atoms with Gasteiger partial charge in [-0.1, -0.05) is 32.8 Å². The zero-order valence-corrected chi connectivity index (χ0v) is 9.81. The van der Waals surface area contributed by atoms with Crippen molar-refractivity contribution >= 4 is 5.84 Å². The first-order valence-electron chi connectivity index (χ1n) is 5.56. The third kappa shape index (κ3) is 1.78. The van der Waals surface area contributed by atoms with Crippen LogP contribution in [-0.4, -0.2) is 16.6 Å². The highest BCUT2D eigenvalue weighted by atomic mass is 15.3. The molecule has 0 fully saturated rings. The summed E-state index contributed by atoms with van der Waals surface area (Å²) in [5.74, 6) is 1.98. The van der Waals surface area contributed by atoms with Gasteiger partial charge in [0.2, 0.25) is 0 Å². The smallest absolute Gasteiger partial charge is 0.123 e. The highest BCUT2D eigenvalue weighted by Crippen LogP contribution is 2.23. The van der Waals surface area contributed by atoms with E-state index in [9.17, 15) is 0 Å². The Balaban J connectivity index is 2.40. The van der Waals surface area contributed by atoms with Crippen LogP contribution in [0.2, 0.25) is 0 Å². The standard InChI is InChI=1S/C12H18N3/c1-8(2)11-7-10-5-6-13-15(10)12(14-11)9(3)4/h5-10H,1-4H3/q+1. The molecule has 0 aromatic rings. The lowest BCUT2D eigenvalue weighted by Crippen LogP contribution is -2.33. The lowest BCUT2D eigenvalue weighted by atomic mass is 10.0. The average molecular weight is 204 g/mol. The molecule has 1 atom stereocenters. The predicted molar refractivity (Wildman–Crippen MR) is 60.8 cm³/mol. The van der Waals surface area contributed by atoms with E-state index in [1.165, 1.54) is 5.70 Å². The van der Waals surface area contributed by atoms with Gasteiger partial charge in [-0.15, -0.1) is 4.70 Å². The number of nitrogens with zero attached hydrogens (tertiary/aromatic N) is 3. The molecule has 80 valence electrons. The summed E-state index contributed by atoms with van der Waals surface area (Å²) in [5, 5.41) is 4.33. The highest BCUT2D eigenvalue weighted by molar-refractivity contribution is 5.78. The maximum Gasteiger partial charge on any atom is 0.322 e. The maximum absolute atomic E-state index is 4.69. The lowest BCUT2D eigenvalue weighted by Gasteiger charge is -2.15. The summed E-state index contributed by atoms with van der Waals surface area (Å²) >= 11 is 0. The highest BCUT2D eigenvalue weighted by Gasteiger charge is 2.34. The lowest BCUT2D eigenvalue weighted by molar-refractivity contribution is -0.494. The van der Waals surface area contributed by atoms with Crippen LogP contribution in [0, 0.1) is 11.8 Å². The van der Waals surface area contributed by atoms with Crippen LogP contribution in [0.5, 0.6) is 0 Å². The Bertz CT molecular complexity index is 384. The topological polar surface area (TPSA) is 27.7 Å². The fourth-order valence-corrected chi connectivity index (χ4v) is 1.81. The van der Waals surface area contributed by atoms with Gasteiger partial charge in [-0.2, -0.15) is 0 Å². The van der Waals surface area contributed by atoms with Gasteiger partial charge >= 0.3 is 5.84 Å². The Morgan fingerprint density at radius 1 is 1.20 bits per heavy atom. The van der Waals surface area contributed by atoms with Crippen LogP contribution in [0.25, 0.3) is 0 Å². The minimum absolute atomic E-state index is 0.289. The van der Waals surface area contributed by atoms with E-state index in [0.717, 1.165) is 5.84 Å². The molecular weight excluding hydrogens is 186 g/mol. The van der Waals surface area contributed by atoms with Crippen molar-refractivity contribution in [2.45, 2.75) is 33.7 Å². The number of allylic oxidation sites excluding steroid dienone is 1. The summed E-state index contributed by atoms with van der Waals surface area (Å²) < 4.78 is 2.01. The third-order valence-corrected chi connectivity index (χ3v) is 2.68. The summed E-state index contributed by atoms with van der Waals surface area (Å²) in [4.78, 5) is 4.69. The van der Waals surface area contributed by atoms with Crippen LogP contribution in [0.1, 0.15) is 27.7 Å². The molecule has 0 saturated carbocycles. The van der Waals surface area contributed by atoms with Gasteiger partial charge in [-0.3, -0.25) is 0 Å². The number of azo groups is 2. The molecule has 0 saturated heterocycles. The maximum atomic E-state index is 4.69. The van der Waals surface area contributed by atoms with Crippen LogP contribution < -0.4 is 0 Å². The second-order valence-electron chi connectivity index (χ2n) is 4.66. The summed E-state index contributed by atoms with van der Waals surface area (Å²) in [6, 6.07) is 0.289. The molecule has 0 amide bonds. The monoisotopic (exact) mass is 204 g/mol. The summed E-state index contributed by atoms with van der Waals surface area (Å²) in [7, 11) is 0. The van der Waals surface area contributed by atoms with Crippen molar-refractivity contribution in [3.63, 3.8) is 0 Å². The summed E-state index contributed by atoms with van der Waals surface area (Å²) in [6.45, 7) is 8.68. The fourth-order valence-electron chi connectivity index (χ4n) is 1.81. The van der Waals surface area contributed by atoms with Crippen LogP contribution in [0.15, 0.2) is 34.2 Å². The van der Waals surface area contributed by atoms with Gasteiger partial charge in [0.25, 0.3) is 0 Å². The Kier molecular flexibility index (Phi) is 2.55. The molecule has 2 aliphatic rings. The van der Waals surface area contributed by atoms with Gasteiger partial charge < -0.3 is 0 Å². The first kappa shape index (κ1) is 10.3. The molecule has 0 N–H and O–H groups in total. The molecule has 1 unspecified atom stereocenters. The molecule has 2 heterocycles. The van der Waals surface area contributed by atoms with Gasteiger partial charge in [0.1, 0.15) is 0 Å². The number of rotatable bonds is 2. The van der Waals surface area contributed by atoms with Crippen molar-refractivity contribution < 1.29 is 4.70 Å². The molecule has 0 aliphatic carbocycles. The van der Waals surface area contributed by atoms with Crippen molar-refractivity contribution in [3.8, 4) is 0 Å². The minimum Gasteiger partial charge on any atom is -0.123 e. The number of hydrogen-bond acceptors (Lipinski definition) is 2. The molecule has 3 heteroatoms. The second kappa shape index (κ2) is 3.72. The molecule has 0 aromatic heterocycles. The minimum atomic E-state index is 0.289. The molecule has 3 nitrogen and oxygen atoms in total. The Morgan fingerprint density at radius 3 is 2.53 bits per heavy atom. The van der Waals surface area contributed by atoms with Crippen molar-refractivity contribution in [1.29, 1.82) is 0 Å². The summed E-state index contributed by atoms with van der Waals surface area (Å²) in [6.07, 6.45) is 6.17. The first-order valence-corrected chi connectivity index (χ1v) is 5.56. The number of fused-ring (bicyclic) bond motifs is 1. The number of amidine groups is 1. The van der Waals surface area contributed by atoms with Crippen molar-refractivity contribution in [2.24, 2.45) is 21.9 Å². The quantitative estimate of drug-likeness (QED) is 0.619. The van der Waals surface area contributed by atoms with Gasteiger partial charge in [-0.25, -0.2) is 0 Å². The molecule has 0 spiro atoms. The van der Waals surface area contributed by atoms with E-state index in [2.05, 4.69) is 45.0 Å². The van der Waals surface area contributed by atoms with E-state index < -0.39 is 0 Å². The molecule has 0 bridgehead atoms. The van der Waals surface area contributed by atoms with Crippen LogP contribution in [-0.2, 0) is 0 Å².